The summed E-state index contributed by atoms with van der Waals surface area (Å²) in [5, 5.41) is 2.74. The van der Waals surface area contributed by atoms with Gasteiger partial charge < -0.3 is 5.32 Å². The summed E-state index contributed by atoms with van der Waals surface area (Å²) in [6, 6.07) is 5.83. The first-order chi connectivity index (χ1) is 9.84. The number of hydrogen-bond acceptors (Lipinski definition) is 4. The molecule has 1 atom stereocenters. The number of likely N-dealkylation sites (N-methyl/N-ethyl adjacent to an activating group) is 1. The molecule has 2 rings (SSSR count). The number of nitrogens with zero attached hydrogens (tertiary/aromatic N) is 1. The van der Waals surface area contributed by atoms with Gasteiger partial charge in [-0.3, -0.25) is 9.69 Å². The monoisotopic (exact) mass is 314 g/mol. The molecule has 0 aromatic heterocycles. The molecule has 1 aromatic rings. The Morgan fingerprint density at radius 3 is 2.62 bits per heavy atom. The molecular formula is C14H19FN2O3S. The third kappa shape index (κ3) is 5.09. The zero-order chi connectivity index (χ0) is 15.5. The molecule has 1 aliphatic rings. The molecule has 1 saturated heterocycles. The van der Waals surface area contributed by atoms with Gasteiger partial charge in [-0.25, -0.2) is 12.8 Å². The van der Waals surface area contributed by atoms with Crippen molar-refractivity contribution in [1.29, 1.82) is 0 Å². The molecule has 21 heavy (non-hydrogen) atoms. The maximum absolute atomic E-state index is 12.8. The van der Waals surface area contributed by atoms with Crippen molar-refractivity contribution in [1.82, 2.24) is 10.2 Å². The quantitative estimate of drug-likeness (QED) is 0.862. The molecule has 1 N–H and O–H groups in total. The Labute approximate surface area is 124 Å². The molecule has 1 heterocycles. The van der Waals surface area contributed by atoms with Crippen molar-refractivity contribution in [3.8, 4) is 0 Å². The lowest BCUT2D eigenvalue weighted by Gasteiger charge is -2.18. The number of rotatable bonds is 5. The van der Waals surface area contributed by atoms with Crippen molar-refractivity contribution in [3.63, 3.8) is 0 Å². The van der Waals surface area contributed by atoms with Crippen LogP contribution in [0.5, 0.6) is 0 Å². The first-order valence-corrected chi connectivity index (χ1v) is 8.59. The third-order valence-corrected chi connectivity index (χ3v) is 5.14. The summed E-state index contributed by atoms with van der Waals surface area (Å²) >= 11 is 0. The van der Waals surface area contributed by atoms with Crippen LogP contribution in [-0.2, 0) is 21.2 Å². The van der Waals surface area contributed by atoms with Crippen LogP contribution in [0.1, 0.15) is 12.0 Å². The molecule has 1 fully saturated rings. The molecule has 0 saturated carbocycles. The van der Waals surface area contributed by atoms with E-state index in [1.165, 1.54) is 12.1 Å². The van der Waals surface area contributed by atoms with Gasteiger partial charge >= 0.3 is 0 Å². The molecular weight excluding hydrogens is 295 g/mol. The zero-order valence-electron chi connectivity index (χ0n) is 11.9. The second kappa shape index (κ2) is 6.53. The molecule has 0 bridgehead atoms. The number of hydrogen-bond donors (Lipinski definition) is 1. The second-order valence-electron chi connectivity index (χ2n) is 5.47. The van der Waals surface area contributed by atoms with Gasteiger partial charge in [0.1, 0.15) is 5.82 Å². The number of amides is 1. The minimum Gasteiger partial charge on any atom is -0.351 e. The number of carbonyl (C=O) groups is 1. The minimum atomic E-state index is -2.99. The van der Waals surface area contributed by atoms with Crippen molar-refractivity contribution >= 4 is 15.7 Å². The Hall–Kier alpha value is -1.47. The van der Waals surface area contributed by atoms with Crippen molar-refractivity contribution in [2.24, 2.45) is 0 Å². The number of benzene rings is 1. The summed E-state index contributed by atoms with van der Waals surface area (Å²) in [4.78, 5) is 13.7. The summed E-state index contributed by atoms with van der Waals surface area (Å²) in [5.74, 6) is -0.313. The highest BCUT2D eigenvalue weighted by Crippen LogP contribution is 2.11. The maximum Gasteiger partial charge on any atom is 0.234 e. The van der Waals surface area contributed by atoms with Crippen LogP contribution in [0.2, 0.25) is 0 Å². The lowest BCUT2D eigenvalue weighted by atomic mass is 10.2. The molecule has 0 radical (unpaired) electrons. The maximum atomic E-state index is 12.8. The molecule has 5 nitrogen and oxygen atoms in total. The van der Waals surface area contributed by atoms with Gasteiger partial charge in [-0.2, -0.15) is 0 Å². The average Bonchev–Trinajstić information content (AvgIpc) is 2.71. The number of carbonyl (C=O) groups excluding carboxylic acids is 1. The summed E-state index contributed by atoms with van der Waals surface area (Å²) in [7, 11) is -1.20. The lowest BCUT2D eigenvalue weighted by molar-refractivity contribution is -0.122. The average molecular weight is 314 g/mol. The fourth-order valence-corrected chi connectivity index (χ4v) is 4.06. The van der Waals surface area contributed by atoms with Crippen molar-refractivity contribution < 1.29 is 17.6 Å². The first-order valence-electron chi connectivity index (χ1n) is 6.77. The van der Waals surface area contributed by atoms with E-state index in [0.717, 1.165) is 5.56 Å². The van der Waals surface area contributed by atoms with Gasteiger partial charge in [-0.15, -0.1) is 0 Å². The van der Waals surface area contributed by atoms with E-state index in [9.17, 15) is 17.6 Å². The van der Waals surface area contributed by atoms with E-state index in [4.69, 9.17) is 0 Å². The van der Waals surface area contributed by atoms with Crippen LogP contribution in [-0.4, -0.2) is 50.4 Å². The van der Waals surface area contributed by atoms with Gasteiger partial charge in [0, 0.05) is 12.6 Å². The smallest absolute Gasteiger partial charge is 0.234 e. The van der Waals surface area contributed by atoms with Gasteiger partial charge in [-0.1, -0.05) is 12.1 Å². The molecule has 1 aromatic carbocycles. The predicted octanol–water partition coefficient (Wildman–Crippen LogP) is 0.561. The summed E-state index contributed by atoms with van der Waals surface area (Å²) in [6.07, 6.45) is 0.482. The summed E-state index contributed by atoms with van der Waals surface area (Å²) in [5.41, 5.74) is 0.912. The van der Waals surface area contributed by atoms with Crippen LogP contribution >= 0.6 is 0 Å². The van der Waals surface area contributed by atoms with E-state index in [1.54, 1.807) is 24.1 Å². The molecule has 0 aliphatic carbocycles. The van der Waals surface area contributed by atoms with Crippen molar-refractivity contribution in [2.75, 3.05) is 25.1 Å². The van der Waals surface area contributed by atoms with Gasteiger partial charge in [0.05, 0.1) is 18.1 Å². The highest BCUT2D eigenvalue weighted by atomic mass is 32.2. The van der Waals surface area contributed by atoms with E-state index in [2.05, 4.69) is 5.32 Å². The summed E-state index contributed by atoms with van der Waals surface area (Å²) in [6.45, 7) is 0.699. The van der Waals surface area contributed by atoms with Crippen LogP contribution < -0.4 is 5.32 Å². The third-order valence-electron chi connectivity index (χ3n) is 3.38. The Balaban J connectivity index is 1.78. The van der Waals surface area contributed by atoms with Crippen LogP contribution in [0, 0.1) is 5.82 Å². The van der Waals surface area contributed by atoms with E-state index in [0.29, 0.717) is 13.0 Å². The number of nitrogens with one attached hydrogen (secondary N) is 1. The van der Waals surface area contributed by atoms with E-state index in [-0.39, 0.29) is 35.8 Å². The van der Waals surface area contributed by atoms with Crippen LogP contribution in [0.15, 0.2) is 24.3 Å². The van der Waals surface area contributed by atoms with Crippen LogP contribution in [0.4, 0.5) is 4.39 Å². The zero-order valence-corrected chi connectivity index (χ0v) is 12.7. The lowest BCUT2D eigenvalue weighted by Crippen LogP contribution is -2.41. The van der Waals surface area contributed by atoms with E-state index >= 15 is 0 Å². The Morgan fingerprint density at radius 1 is 1.38 bits per heavy atom. The molecule has 0 unspecified atom stereocenters. The van der Waals surface area contributed by atoms with Crippen molar-refractivity contribution in [2.45, 2.75) is 19.0 Å². The Bertz CT molecular complexity index is 601. The summed E-state index contributed by atoms with van der Waals surface area (Å²) < 4.78 is 35.4. The SMILES string of the molecule is CN(CC(=O)N[C@@H]1CCS(=O)(=O)C1)Cc1ccc(F)cc1. The topological polar surface area (TPSA) is 66.5 Å². The second-order valence-corrected chi connectivity index (χ2v) is 7.69. The van der Waals surface area contributed by atoms with E-state index in [1.807, 2.05) is 0 Å². The molecule has 0 spiro atoms. The van der Waals surface area contributed by atoms with Crippen LogP contribution in [0.25, 0.3) is 0 Å². The van der Waals surface area contributed by atoms with Gasteiger partial charge in [0.2, 0.25) is 5.91 Å². The van der Waals surface area contributed by atoms with Gasteiger partial charge in [0.25, 0.3) is 0 Å². The Morgan fingerprint density at radius 2 is 2.05 bits per heavy atom. The highest BCUT2D eigenvalue weighted by Gasteiger charge is 2.28. The van der Waals surface area contributed by atoms with Crippen LogP contribution in [0.3, 0.4) is 0 Å². The highest BCUT2D eigenvalue weighted by molar-refractivity contribution is 7.91. The largest absolute Gasteiger partial charge is 0.351 e. The fourth-order valence-electron chi connectivity index (χ4n) is 2.38. The van der Waals surface area contributed by atoms with Gasteiger partial charge in [0.15, 0.2) is 9.84 Å². The van der Waals surface area contributed by atoms with E-state index < -0.39 is 9.84 Å². The molecule has 116 valence electrons. The minimum absolute atomic E-state index is 0.0282. The Kier molecular flexibility index (Phi) is 4.95. The molecule has 1 amide bonds. The first kappa shape index (κ1) is 15.9. The number of sulfone groups is 1. The predicted molar refractivity (Wildman–Crippen MR) is 77.9 cm³/mol. The number of halogens is 1. The molecule has 7 heteroatoms. The molecule has 1 aliphatic heterocycles. The fraction of sp³-hybridized carbons (Fsp3) is 0.500. The van der Waals surface area contributed by atoms with Crippen molar-refractivity contribution in [3.05, 3.63) is 35.6 Å². The van der Waals surface area contributed by atoms with Gasteiger partial charge in [-0.05, 0) is 31.2 Å². The normalized spacial score (nSPS) is 20.6. The standard InChI is InChI=1S/C14H19FN2O3S/c1-17(8-11-2-4-12(15)5-3-11)9-14(18)16-13-6-7-21(19,20)10-13/h2-5,13H,6-10H2,1H3,(H,16,18)/t13-/m1/s1.